The molecule has 0 aliphatic carbocycles. The number of sulfonamides is 1. The van der Waals surface area contributed by atoms with Crippen LogP contribution in [0.4, 0.5) is 10.1 Å². The molecular weight excluding hydrogens is 587 g/mol. The Balaban J connectivity index is 1.69. The van der Waals surface area contributed by atoms with E-state index >= 15 is 0 Å². The molecule has 0 saturated carbocycles. The third-order valence-electron chi connectivity index (χ3n) is 7.58. The molecule has 1 aromatic heterocycles. The molecule has 10 nitrogen and oxygen atoms in total. The molecule has 0 unspecified atom stereocenters. The Labute approximate surface area is 255 Å². The molecule has 0 fully saturated rings. The molecule has 2 amide bonds. The van der Waals surface area contributed by atoms with E-state index in [1.54, 1.807) is 51.7 Å². The lowest BCUT2D eigenvalue weighted by Gasteiger charge is -2.24. The van der Waals surface area contributed by atoms with Crippen molar-refractivity contribution in [2.24, 2.45) is 0 Å². The molecule has 1 aliphatic heterocycles. The molecule has 0 spiro atoms. The van der Waals surface area contributed by atoms with Gasteiger partial charge in [-0.05, 0) is 53.4 Å². The van der Waals surface area contributed by atoms with Crippen LogP contribution in [0.15, 0.2) is 60.8 Å². The fourth-order valence-corrected chi connectivity index (χ4v) is 5.66. The number of pyridine rings is 1. The zero-order chi connectivity index (χ0) is 31.8. The quantitative estimate of drug-likeness (QED) is 0.264. The van der Waals surface area contributed by atoms with Crippen LogP contribution in [0.5, 0.6) is 11.5 Å². The van der Waals surface area contributed by atoms with Gasteiger partial charge in [-0.15, -0.1) is 0 Å². The van der Waals surface area contributed by atoms with Crippen LogP contribution in [0.2, 0.25) is 0 Å². The summed E-state index contributed by atoms with van der Waals surface area (Å²) in [5, 5.41) is 0.467. The standard InChI is InChI=1S/C32H33FN4O6S/c1-35(2)27(38)18-37-17-26-28(32(37)39)31(43-19-21-8-12-24(42-4)13-9-21)29-25(30(26)36(3)44(5,40)41)15-22(16-34-29)14-20-6-10-23(33)11-7-20/h6-13,15-16H,14,17-19H2,1-5H3. The number of anilines is 1. The van der Waals surface area contributed by atoms with E-state index in [9.17, 15) is 22.4 Å². The highest BCUT2D eigenvalue weighted by atomic mass is 32.2. The first kappa shape index (κ1) is 30.7. The van der Waals surface area contributed by atoms with Crippen molar-refractivity contribution in [1.82, 2.24) is 14.8 Å². The second kappa shape index (κ2) is 12.1. The normalized spacial score (nSPS) is 12.8. The van der Waals surface area contributed by atoms with Crippen molar-refractivity contribution in [3.63, 3.8) is 0 Å². The number of benzene rings is 3. The van der Waals surface area contributed by atoms with Crippen LogP contribution in [-0.4, -0.2) is 76.1 Å². The number of carbonyl (C=O) groups excluding carboxylic acids is 2. The number of nitrogens with zero attached hydrogens (tertiary/aromatic N) is 4. The summed E-state index contributed by atoms with van der Waals surface area (Å²) in [6, 6.07) is 15.2. The summed E-state index contributed by atoms with van der Waals surface area (Å²) in [6.07, 6.45) is 3.13. The molecule has 0 N–H and O–H groups in total. The van der Waals surface area contributed by atoms with Gasteiger partial charge in [-0.3, -0.25) is 18.9 Å². The van der Waals surface area contributed by atoms with Crippen LogP contribution >= 0.6 is 0 Å². The van der Waals surface area contributed by atoms with Crippen LogP contribution < -0.4 is 13.8 Å². The Morgan fingerprint density at radius 2 is 1.68 bits per heavy atom. The lowest BCUT2D eigenvalue weighted by atomic mass is 9.98. The van der Waals surface area contributed by atoms with Gasteiger partial charge in [0.25, 0.3) is 5.91 Å². The number of halogens is 1. The Kier molecular flexibility index (Phi) is 8.46. The number of hydrogen-bond donors (Lipinski definition) is 0. The van der Waals surface area contributed by atoms with Crippen molar-refractivity contribution >= 4 is 38.4 Å². The molecule has 44 heavy (non-hydrogen) atoms. The maximum absolute atomic E-state index is 13.9. The molecule has 0 bridgehead atoms. The number of ether oxygens (including phenoxy) is 2. The smallest absolute Gasteiger partial charge is 0.258 e. The van der Waals surface area contributed by atoms with Crippen molar-refractivity contribution in [2.45, 2.75) is 19.6 Å². The highest BCUT2D eigenvalue weighted by Gasteiger charge is 2.38. The predicted molar refractivity (Wildman–Crippen MR) is 165 cm³/mol. The van der Waals surface area contributed by atoms with E-state index in [-0.39, 0.29) is 48.4 Å². The number of aromatic nitrogens is 1. The topological polar surface area (TPSA) is 109 Å². The number of methoxy groups -OCH3 is 1. The summed E-state index contributed by atoms with van der Waals surface area (Å²) in [7, 11) is 2.41. The molecule has 3 aromatic carbocycles. The molecule has 0 radical (unpaired) electrons. The van der Waals surface area contributed by atoms with E-state index in [1.165, 1.54) is 29.0 Å². The monoisotopic (exact) mass is 620 g/mol. The van der Waals surface area contributed by atoms with Gasteiger partial charge in [0.15, 0.2) is 5.75 Å². The second-order valence-electron chi connectivity index (χ2n) is 10.9. The minimum atomic E-state index is -3.79. The van der Waals surface area contributed by atoms with Gasteiger partial charge in [0.2, 0.25) is 15.9 Å². The highest BCUT2D eigenvalue weighted by molar-refractivity contribution is 7.92. The van der Waals surface area contributed by atoms with Crippen LogP contribution in [0.3, 0.4) is 0 Å². The van der Waals surface area contributed by atoms with Gasteiger partial charge in [-0.1, -0.05) is 24.3 Å². The summed E-state index contributed by atoms with van der Waals surface area (Å²) in [6.45, 7) is -0.101. The third-order valence-corrected chi connectivity index (χ3v) is 8.76. The largest absolute Gasteiger partial charge is 0.497 e. The fraction of sp³-hybridized carbons (Fsp3) is 0.281. The van der Waals surface area contributed by atoms with Crippen LogP contribution in [-0.2, 0) is 34.4 Å². The van der Waals surface area contributed by atoms with Gasteiger partial charge in [0.05, 0.1) is 24.6 Å². The summed E-state index contributed by atoms with van der Waals surface area (Å²) >= 11 is 0. The number of hydrogen-bond acceptors (Lipinski definition) is 7. The summed E-state index contributed by atoms with van der Waals surface area (Å²) in [5.74, 6) is -0.204. The van der Waals surface area contributed by atoms with Crippen LogP contribution in [0.1, 0.15) is 32.6 Å². The molecule has 2 heterocycles. The van der Waals surface area contributed by atoms with E-state index in [1.807, 2.05) is 18.2 Å². The molecule has 5 rings (SSSR count). The lowest BCUT2D eigenvalue weighted by Crippen LogP contribution is -2.36. The van der Waals surface area contributed by atoms with Gasteiger partial charge >= 0.3 is 0 Å². The first-order valence-electron chi connectivity index (χ1n) is 13.8. The SMILES string of the molecule is COc1ccc(COc2c3c(c(N(C)S(C)(=O)=O)c4cc(Cc5ccc(F)cc5)cnc24)CN(CC(=O)N(C)C)C3=O)cc1. The predicted octanol–water partition coefficient (Wildman–Crippen LogP) is 3.99. The van der Waals surface area contributed by atoms with Crippen molar-refractivity contribution < 1.29 is 31.9 Å². The second-order valence-corrected chi connectivity index (χ2v) is 12.9. The number of carbonyl (C=O) groups is 2. The van der Waals surface area contributed by atoms with E-state index < -0.39 is 15.9 Å². The molecule has 1 aliphatic rings. The number of amides is 2. The number of fused-ring (bicyclic) bond motifs is 2. The first-order valence-corrected chi connectivity index (χ1v) is 15.6. The third kappa shape index (κ3) is 6.16. The highest BCUT2D eigenvalue weighted by Crippen LogP contribution is 2.45. The molecule has 0 saturated heterocycles. The fourth-order valence-electron chi connectivity index (χ4n) is 5.12. The summed E-state index contributed by atoms with van der Waals surface area (Å²) in [5.41, 5.74) is 3.58. The van der Waals surface area contributed by atoms with E-state index in [0.29, 0.717) is 28.6 Å². The molecule has 4 aromatic rings. The minimum Gasteiger partial charge on any atom is -0.497 e. The van der Waals surface area contributed by atoms with Gasteiger partial charge in [0.1, 0.15) is 30.2 Å². The van der Waals surface area contributed by atoms with Gasteiger partial charge < -0.3 is 19.3 Å². The maximum Gasteiger partial charge on any atom is 0.258 e. The van der Waals surface area contributed by atoms with Crippen LogP contribution in [0, 0.1) is 5.82 Å². The Morgan fingerprint density at radius 3 is 2.30 bits per heavy atom. The van der Waals surface area contributed by atoms with Crippen molar-refractivity contribution in [3.8, 4) is 11.5 Å². The van der Waals surface area contributed by atoms with Crippen LogP contribution in [0.25, 0.3) is 10.9 Å². The van der Waals surface area contributed by atoms with Gasteiger partial charge in [0, 0.05) is 44.8 Å². The Morgan fingerprint density at radius 1 is 1.02 bits per heavy atom. The van der Waals surface area contributed by atoms with Crippen molar-refractivity contribution in [3.05, 3.63) is 94.4 Å². The average molecular weight is 621 g/mol. The van der Waals surface area contributed by atoms with E-state index in [4.69, 9.17) is 14.5 Å². The summed E-state index contributed by atoms with van der Waals surface area (Å²) < 4.78 is 52.1. The average Bonchev–Trinajstić information content (AvgIpc) is 3.30. The maximum atomic E-state index is 13.9. The van der Waals surface area contributed by atoms with Gasteiger partial charge in [-0.2, -0.15) is 0 Å². The Hall–Kier alpha value is -4.71. The van der Waals surface area contributed by atoms with E-state index in [0.717, 1.165) is 27.3 Å². The molecule has 12 heteroatoms. The first-order chi connectivity index (χ1) is 20.9. The lowest BCUT2D eigenvalue weighted by molar-refractivity contribution is -0.129. The number of rotatable bonds is 10. The summed E-state index contributed by atoms with van der Waals surface area (Å²) in [4.78, 5) is 34.0. The minimum absolute atomic E-state index is 0.0000342. The molecular formula is C32H33FN4O6S. The molecule has 0 atom stereocenters. The number of likely N-dealkylation sites (N-methyl/N-ethyl adjacent to an activating group) is 1. The zero-order valence-electron chi connectivity index (χ0n) is 25.1. The zero-order valence-corrected chi connectivity index (χ0v) is 25.9. The Bertz CT molecular complexity index is 1840. The van der Waals surface area contributed by atoms with Crippen molar-refractivity contribution in [1.29, 1.82) is 0 Å². The van der Waals surface area contributed by atoms with Crippen molar-refractivity contribution in [2.75, 3.05) is 45.4 Å². The van der Waals surface area contributed by atoms with E-state index in [2.05, 4.69) is 0 Å². The molecule has 230 valence electrons. The van der Waals surface area contributed by atoms with Gasteiger partial charge in [-0.25, -0.2) is 12.8 Å².